The number of hydrogen-bond donors (Lipinski definition) is 0. The maximum absolute atomic E-state index is 13.2. The first-order valence-electron chi connectivity index (χ1n) is 5.25. The van der Waals surface area contributed by atoms with Crippen LogP contribution in [0, 0.1) is 5.82 Å². The number of rotatable bonds is 2. The van der Waals surface area contributed by atoms with Gasteiger partial charge in [0.1, 0.15) is 18.5 Å². The number of benzene rings is 1. The van der Waals surface area contributed by atoms with Crippen LogP contribution in [0.3, 0.4) is 0 Å². The van der Waals surface area contributed by atoms with Crippen LogP contribution in [0.25, 0.3) is 17.3 Å². The first kappa shape index (κ1) is 11.7. The Balaban J connectivity index is 2.12. The van der Waals surface area contributed by atoms with Crippen molar-refractivity contribution in [3.05, 3.63) is 48.0 Å². The van der Waals surface area contributed by atoms with Crippen molar-refractivity contribution in [1.29, 1.82) is 0 Å². The molecule has 0 bridgehead atoms. The van der Waals surface area contributed by atoms with Gasteiger partial charge in [-0.15, -0.1) is 0 Å². The van der Waals surface area contributed by atoms with E-state index in [1.54, 1.807) is 12.1 Å². The second kappa shape index (κ2) is 4.69. The molecule has 0 N–H and O–H groups in total. The van der Waals surface area contributed by atoms with Crippen LogP contribution in [0.2, 0.25) is 5.28 Å². The van der Waals surface area contributed by atoms with Gasteiger partial charge in [0.2, 0.25) is 5.28 Å². The molecule has 0 unspecified atom stereocenters. The Morgan fingerprint density at radius 2 is 2.05 bits per heavy atom. The van der Waals surface area contributed by atoms with Crippen LogP contribution in [0.15, 0.2) is 36.9 Å². The quantitative estimate of drug-likeness (QED) is 0.715. The van der Waals surface area contributed by atoms with Crippen LogP contribution >= 0.6 is 11.6 Å². The topological polar surface area (TPSA) is 69.4 Å². The smallest absolute Gasteiger partial charge is 0.223 e. The summed E-state index contributed by atoms with van der Waals surface area (Å²) in [5.41, 5.74) is 0.505. The molecule has 0 fully saturated rings. The lowest BCUT2D eigenvalue weighted by molar-refractivity contribution is 0.628. The molecule has 0 aliphatic rings. The Morgan fingerprint density at radius 1 is 1.16 bits per heavy atom. The second-order valence-corrected chi connectivity index (χ2v) is 3.92. The third-order valence-electron chi connectivity index (χ3n) is 2.30. The van der Waals surface area contributed by atoms with Crippen molar-refractivity contribution in [2.24, 2.45) is 0 Å². The maximum Gasteiger partial charge on any atom is 0.256 e. The molecule has 2 heterocycles. The summed E-state index contributed by atoms with van der Waals surface area (Å²) in [6.07, 6.45) is 2.78. The Labute approximate surface area is 112 Å². The van der Waals surface area contributed by atoms with Crippen molar-refractivity contribution < 1.29 is 4.39 Å². The highest BCUT2D eigenvalue weighted by Crippen LogP contribution is 2.18. The van der Waals surface area contributed by atoms with Gasteiger partial charge in [0.25, 0.3) is 5.95 Å². The number of nitrogens with zero attached hydrogens (tertiary/aromatic N) is 6. The van der Waals surface area contributed by atoms with E-state index in [0.29, 0.717) is 5.56 Å². The number of hydrogen-bond acceptors (Lipinski definition) is 5. The highest BCUT2D eigenvalue weighted by atomic mass is 35.5. The first-order chi connectivity index (χ1) is 9.22. The third-order valence-corrected chi connectivity index (χ3v) is 2.47. The van der Waals surface area contributed by atoms with Gasteiger partial charge in [-0.2, -0.15) is 24.7 Å². The summed E-state index contributed by atoms with van der Waals surface area (Å²) in [6.45, 7) is 0. The fourth-order valence-corrected chi connectivity index (χ4v) is 1.67. The van der Waals surface area contributed by atoms with E-state index >= 15 is 0 Å². The Hall–Kier alpha value is -2.41. The summed E-state index contributed by atoms with van der Waals surface area (Å²) in [5, 5.41) is 3.90. The molecule has 19 heavy (non-hydrogen) atoms. The van der Waals surface area contributed by atoms with E-state index in [4.69, 9.17) is 11.6 Å². The standard InChI is InChI=1S/C11H6ClFN6/c12-10-16-9(7-2-1-3-8(13)4-7)17-11(18-10)19-6-14-5-15-19/h1-6H. The Morgan fingerprint density at radius 3 is 2.79 bits per heavy atom. The minimum Gasteiger partial charge on any atom is -0.223 e. The van der Waals surface area contributed by atoms with Gasteiger partial charge in [-0.05, 0) is 23.7 Å². The average Bonchev–Trinajstić information content (AvgIpc) is 2.92. The maximum atomic E-state index is 13.2. The minimum absolute atomic E-state index is 0.000221. The van der Waals surface area contributed by atoms with Crippen molar-refractivity contribution in [2.75, 3.05) is 0 Å². The highest BCUT2D eigenvalue weighted by molar-refractivity contribution is 6.28. The summed E-state index contributed by atoms with van der Waals surface area (Å²) in [5.74, 6) is 0.109. The van der Waals surface area contributed by atoms with E-state index in [2.05, 4.69) is 25.0 Å². The molecule has 3 rings (SSSR count). The fourth-order valence-electron chi connectivity index (χ4n) is 1.51. The van der Waals surface area contributed by atoms with E-state index in [9.17, 15) is 4.39 Å². The number of aromatic nitrogens is 6. The molecule has 6 nitrogen and oxygen atoms in total. The van der Waals surface area contributed by atoms with Gasteiger partial charge < -0.3 is 0 Å². The van der Waals surface area contributed by atoms with Crippen molar-refractivity contribution in [3.8, 4) is 17.3 Å². The van der Waals surface area contributed by atoms with Crippen molar-refractivity contribution in [2.45, 2.75) is 0 Å². The fraction of sp³-hybridized carbons (Fsp3) is 0. The molecule has 8 heteroatoms. The molecule has 0 aliphatic carbocycles. The molecule has 0 aliphatic heterocycles. The zero-order valence-electron chi connectivity index (χ0n) is 9.40. The van der Waals surface area contributed by atoms with Gasteiger partial charge in [-0.25, -0.2) is 9.37 Å². The SMILES string of the molecule is Fc1cccc(-c2nc(Cl)nc(-n3cncn3)n2)c1. The molecule has 2 aromatic heterocycles. The van der Waals surface area contributed by atoms with Crippen LogP contribution in [0.1, 0.15) is 0 Å². The molecular formula is C11H6ClFN6. The largest absolute Gasteiger partial charge is 0.256 e. The van der Waals surface area contributed by atoms with Crippen LogP contribution < -0.4 is 0 Å². The monoisotopic (exact) mass is 276 g/mol. The molecular weight excluding hydrogens is 271 g/mol. The van der Waals surface area contributed by atoms with E-state index in [1.807, 2.05) is 0 Å². The van der Waals surface area contributed by atoms with E-state index in [1.165, 1.54) is 29.5 Å². The van der Waals surface area contributed by atoms with E-state index in [0.717, 1.165) is 0 Å². The molecule has 0 saturated carbocycles. The molecule has 0 amide bonds. The van der Waals surface area contributed by atoms with Gasteiger partial charge in [0, 0.05) is 5.56 Å². The van der Waals surface area contributed by atoms with Gasteiger partial charge in [-0.3, -0.25) is 0 Å². The van der Waals surface area contributed by atoms with Crippen LogP contribution in [-0.4, -0.2) is 29.7 Å². The van der Waals surface area contributed by atoms with Gasteiger partial charge in [0.15, 0.2) is 5.82 Å². The summed E-state index contributed by atoms with van der Waals surface area (Å²) in [6, 6.07) is 5.90. The summed E-state index contributed by atoms with van der Waals surface area (Å²) < 4.78 is 14.5. The van der Waals surface area contributed by atoms with Gasteiger partial charge >= 0.3 is 0 Å². The first-order valence-corrected chi connectivity index (χ1v) is 5.63. The van der Waals surface area contributed by atoms with Crippen molar-refractivity contribution >= 4 is 11.6 Å². The van der Waals surface area contributed by atoms with Crippen LogP contribution in [0.5, 0.6) is 0 Å². The predicted octanol–water partition coefficient (Wildman–Crippen LogP) is 1.91. The zero-order valence-corrected chi connectivity index (χ0v) is 10.2. The lowest BCUT2D eigenvalue weighted by Crippen LogP contribution is -2.05. The molecule has 0 saturated heterocycles. The molecule has 94 valence electrons. The third kappa shape index (κ3) is 2.41. The molecule has 1 aromatic carbocycles. The minimum atomic E-state index is -0.378. The number of halogens is 2. The van der Waals surface area contributed by atoms with Crippen LogP contribution in [0.4, 0.5) is 4.39 Å². The Bertz CT molecular complexity index is 715. The van der Waals surface area contributed by atoms with Gasteiger partial charge in [-0.1, -0.05) is 12.1 Å². The highest BCUT2D eigenvalue weighted by Gasteiger charge is 2.09. The molecule has 3 aromatic rings. The molecule has 0 spiro atoms. The van der Waals surface area contributed by atoms with Crippen molar-refractivity contribution in [3.63, 3.8) is 0 Å². The summed E-state index contributed by atoms with van der Waals surface area (Å²) in [7, 11) is 0. The van der Waals surface area contributed by atoms with Crippen LogP contribution in [-0.2, 0) is 0 Å². The normalized spacial score (nSPS) is 10.6. The average molecular weight is 277 g/mol. The van der Waals surface area contributed by atoms with E-state index < -0.39 is 0 Å². The Kier molecular flexibility index (Phi) is 2.88. The van der Waals surface area contributed by atoms with Crippen molar-refractivity contribution in [1.82, 2.24) is 29.7 Å². The lowest BCUT2D eigenvalue weighted by Gasteiger charge is -2.03. The molecule has 0 atom stereocenters. The van der Waals surface area contributed by atoms with Gasteiger partial charge in [0.05, 0.1) is 0 Å². The zero-order chi connectivity index (χ0) is 13.2. The predicted molar refractivity (Wildman–Crippen MR) is 65.1 cm³/mol. The summed E-state index contributed by atoms with van der Waals surface area (Å²) >= 11 is 5.84. The van der Waals surface area contributed by atoms with E-state index in [-0.39, 0.29) is 22.9 Å². The molecule has 0 radical (unpaired) electrons. The summed E-state index contributed by atoms with van der Waals surface area (Å²) in [4.78, 5) is 15.9. The lowest BCUT2D eigenvalue weighted by atomic mass is 10.2. The second-order valence-electron chi connectivity index (χ2n) is 3.58.